The van der Waals surface area contributed by atoms with E-state index in [1.165, 1.54) is 18.2 Å². The van der Waals surface area contributed by atoms with Gasteiger partial charge in [0.05, 0.1) is 5.70 Å². The van der Waals surface area contributed by atoms with Crippen molar-refractivity contribution in [2.24, 2.45) is 5.73 Å². The average molecular weight is 353 g/mol. The Kier molecular flexibility index (Phi) is 4.67. The smallest absolute Gasteiger partial charge is 0.212 e. The molecule has 3 aromatic rings. The predicted molar refractivity (Wildman–Crippen MR) is 97.5 cm³/mol. The minimum atomic E-state index is -4.15. The third-order valence-electron chi connectivity index (χ3n) is 3.76. The highest BCUT2D eigenvalue weighted by Crippen LogP contribution is 2.33. The van der Waals surface area contributed by atoms with E-state index in [1.54, 1.807) is 54.6 Å². The van der Waals surface area contributed by atoms with E-state index in [-0.39, 0.29) is 10.6 Å². The van der Waals surface area contributed by atoms with Crippen molar-refractivity contribution in [3.05, 3.63) is 102 Å². The highest BCUT2D eigenvalue weighted by molar-refractivity contribution is 8.01. The van der Waals surface area contributed by atoms with Crippen LogP contribution in [-0.4, -0.2) is 8.42 Å². The van der Waals surface area contributed by atoms with Crippen LogP contribution in [0.3, 0.4) is 0 Å². The number of nitrogens with two attached hydrogens (primary N) is 1. The van der Waals surface area contributed by atoms with E-state index >= 15 is 0 Å². The number of rotatable bonds is 4. The maximum atomic E-state index is 14.2. The largest absolute Gasteiger partial charge is 0.397 e. The molecule has 0 saturated heterocycles. The Morgan fingerprint density at radius 1 is 0.720 bits per heavy atom. The molecule has 0 saturated carbocycles. The second-order valence-corrected chi connectivity index (χ2v) is 7.26. The molecule has 2 N–H and O–H groups in total. The maximum absolute atomic E-state index is 14.2. The molecular weight excluding hydrogens is 337 g/mol. The molecule has 0 heterocycles. The first kappa shape index (κ1) is 16.9. The van der Waals surface area contributed by atoms with E-state index < -0.39 is 20.5 Å². The van der Waals surface area contributed by atoms with Gasteiger partial charge in [-0.05, 0) is 23.3 Å². The lowest BCUT2D eigenvalue weighted by Crippen LogP contribution is -2.12. The fraction of sp³-hybridized carbons (Fsp3) is 0. The fourth-order valence-electron chi connectivity index (χ4n) is 2.57. The van der Waals surface area contributed by atoms with Crippen LogP contribution in [0, 0.1) is 5.82 Å². The molecule has 3 nitrogen and oxygen atoms in total. The van der Waals surface area contributed by atoms with Gasteiger partial charge in [-0.25, -0.2) is 12.8 Å². The summed E-state index contributed by atoms with van der Waals surface area (Å²) >= 11 is 0. The van der Waals surface area contributed by atoms with Gasteiger partial charge >= 0.3 is 0 Å². The minimum absolute atomic E-state index is 0.0788. The van der Waals surface area contributed by atoms with Crippen LogP contribution in [-0.2, 0) is 9.84 Å². The number of halogens is 1. The molecule has 25 heavy (non-hydrogen) atoms. The van der Waals surface area contributed by atoms with Crippen molar-refractivity contribution in [2.75, 3.05) is 0 Å². The maximum Gasteiger partial charge on any atom is 0.212 e. The summed E-state index contributed by atoms with van der Waals surface area (Å²) in [6.45, 7) is 0. The van der Waals surface area contributed by atoms with E-state index in [0.717, 1.165) is 6.07 Å². The lowest BCUT2D eigenvalue weighted by molar-refractivity contribution is 0.573. The first-order valence-electron chi connectivity index (χ1n) is 7.62. The molecule has 0 atom stereocenters. The fourth-order valence-corrected chi connectivity index (χ4v) is 4.22. The van der Waals surface area contributed by atoms with Crippen molar-refractivity contribution in [1.82, 2.24) is 0 Å². The molecule has 126 valence electrons. The first-order chi connectivity index (χ1) is 12.0. The number of hydrogen-bond acceptors (Lipinski definition) is 3. The van der Waals surface area contributed by atoms with Gasteiger partial charge in [0.15, 0.2) is 0 Å². The number of hydrogen-bond donors (Lipinski definition) is 1. The summed E-state index contributed by atoms with van der Waals surface area (Å²) in [4.78, 5) is -0.503. The van der Waals surface area contributed by atoms with E-state index in [1.807, 2.05) is 6.07 Å². The Morgan fingerprint density at radius 2 is 1.20 bits per heavy atom. The van der Waals surface area contributed by atoms with Gasteiger partial charge in [-0.2, -0.15) is 0 Å². The topological polar surface area (TPSA) is 60.2 Å². The normalized spacial score (nSPS) is 12.5. The molecule has 0 amide bonds. The third-order valence-corrected chi connectivity index (χ3v) is 5.66. The van der Waals surface area contributed by atoms with Crippen molar-refractivity contribution < 1.29 is 12.8 Å². The lowest BCUT2D eigenvalue weighted by atomic mass is 10.1. The zero-order valence-electron chi connectivity index (χ0n) is 13.3. The van der Waals surface area contributed by atoms with Gasteiger partial charge in [-0.1, -0.05) is 72.8 Å². The molecule has 0 fully saturated rings. The minimum Gasteiger partial charge on any atom is -0.397 e. The molecule has 0 spiro atoms. The lowest BCUT2D eigenvalue weighted by Gasteiger charge is -2.14. The second kappa shape index (κ2) is 6.91. The van der Waals surface area contributed by atoms with Crippen molar-refractivity contribution in [3.8, 4) is 0 Å². The van der Waals surface area contributed by atoms with Gasteiger partial charge in [0.2, 0.25) is 9.84 Å². The van der Waals surface area contributed by atoms with Crippen LogP contribution in [0.4, 0.5) is 4.39 Å². The van der Waals surface area contributed by atoms with Crippen LogP contribution in [0.1, 0.15) is 11.1 Å². The molecular formula is C20H16FNO2S. The zero-order valence-corrected chi connectivity index (χ0v) is 14.1. The third kappa shape index (κ3) is 3.32. The van der Waals surface area contributed by atoms with Gasteiger partial charge in [0, 0.05) is 0 Å². The quantitative estimate of drug-likeness (QED) is 0.719. The van der Waals surface area contributed by atoms with Crippen molar-refractivity contribution in [1.29, 1.82) is 0 Å². The first-order valence-corrected chi connectivity index (χ1v) is 9.10. The van der Waals surface area contributed by atoms with E-state index in [9.17, 15) is 12.8 Å². The zero-order chi connectivity index (χ0) is 17.9. The Hall–Kier alpha value is -2.92. The summed E-state index contributed by atoms with van der Waals surface area (Å²) in [6, 6.07) is 22.5. The number of benzene rings is 3. The van der Waals surface area contributed by atoms with Gasteiger partial charge in [0.25, 0.3) is 0 Å². The van der Waals surface area contributed by atoms with Gasteiger partial charge in [-0.3, -0.25) is 0 Å². The summed E-state index contributed by atoms with van der Waals surface area (Å²) < 4.78 is 40.6. The molecule has 0 aliphatic rings. The van der Waals surface area contributed by atoms with Crippen LogP contribution in [0.25, 0.3) is 10.6 Å². The van der Waals surface area contributed by atoms with Gasteiger partial charge in [-0.15, -0.1) is 0 Å². The van der Waals surface area contributed by atoms with Crippen LogP contribution in [0.15, 0.2) is 89.8 Å². The molecule has 3 aromatic carbocycles. The average Bonchev–Trinajstić information content (AvgIpc) is 2.63. The summed E-state index contributed by atoms with van der Waals surface area (Å²) in [5.74, 6) is -0.809. The highest BCUT2D eigenvalue weighted by Gasteiger charge is 2.28. The summed E-state index contributed by atoms with van der Waals surface area (Å²) in [5, 5.41) is 0. The molecule has 0 aliphatic heterocycles. The molecule has 0 unspecified atom stereocenters. The molecule has 0 aromatic heterocycles. The molecule has 0 bridgehead atoms. The van der Waals surface area contributed by atoms with Crippen LogP contribution in [0.5, 0.6) is 0 Å². The van der Waals surface area contributed by atoms with Gasteiger partial charge in [0.1, 0.15) is 15.6 Å². The summed E-state index contributed by atoms with van der Waals surface area (Å²) in [6.07, 6.45) is 0. The van der Waals surface area contributed by atoms with Crippen LogP contribution in [0.2, 0.25) is 0 Å². The van der Waals surface area contributed by atoms with Crippen molar-refractivity contribution in [3.63, 3.8) is 0 Å². The molecule has 0 radical (unpaired) electrons. The molecule has 3 rings (SSSR count). The number of sulfone groups is 1. The highest BCUT2D eigenvalue weighted by atomic mass is 32.2. The predicted octanol–water partition coefficient (Wildman–Crippen LogP) is 4.08. The summed E-state index contributed by atoms with van der Waals surface area (Å²) in [7, 11) is -4.15. The Bertz CT molecular complexity index is 1010. The second-order valence-electron chi connectivity index (χ2n) is 5.41. The standard InChI is InChI=1S/C20H16FNO2S/c21-17-13-7-8-14-18(17)25(23,24)20(16-11-5-2-6-12-16)19(22)15-9-3-1-4-10-15/h1-14H,22H2/b20-19-. The van der Waals surface area contributed by atoms with E-state index in [0.29, 0.717) is 11.1 Å². The van der Waals surface area contributed by atoms with E-state index in [2.05, 4.69) is 0 Å². The van der Waals surface area contributed by atoms with Crippen molar-refractivity contribution >= 4 is 20.4 Å². The van der Waals surface area contributed by atoms with E-state index in [4.69, 9.17) is 5.73 Å². The van der Waals surface area contributed by atoms with Crippen LogP contribution >= 0.6 is 0 Å². The van der Waals surface area contributed by atoms with Crippen LogP contribution < -0.4 is 5.73 Å². The Morgan fingerprint density at radius 3 is 1.76 bits per heavy atom. The van der Waals surface area contributed by atoms with Gasteiger partial charge < -0.3 is 5.73 Å². The molecule has 5 heteroatoms. The SMILES string of the molecule is N/C(=C(/c1ccccc1)S(=O)(=O)c1ccccc1F)c1ccccc1. The molecule has 0 aliphatic carbocycles. The Balaban J connectivity index is 2.32. The van der Waals surface area contributed by atoms with Crippen molar-refractivity contribution in [2.45, 2.75) is 4.90 Å². The monoisotopic (exact) mass is 353 g/mol. The summed E-state index contributed by atoms with van der Waals surface area (Å²) in [5.41, 5.74) is 7.27. The Labute approximate surface area is 146 Å².